The highest BCUT2D eigenvalue weighted by atomic mass is 32.2. The first-order chi connectivity index (χ1) is 14.9. The third-order valence-corrected chi connectivity index (χ3v) is 7.31. The van der Waals surface area contributed by atoms with Crippen LogP contribution in [0.1, 0.15) is 0 Å². The molecule has 174 valence electrons. The summed E-state index contributed by atoms with van der Waals surface area (Å²) in [5.41, 5.74) is 1.92. The van der Waals surface area contributed by atoms with Crippen LogP contribution in [-0.2, 0) is 29.2 Å². The van der Waals surface area contributed by atoms with Gasteiger partial charge in [0.05, 0.1) is 35.2 Å². The van der Waals surface area contributed by atoms with Crippen LogP contribution in [0.5, 0.6) is 0 Å². The molecule has 0 aromatic heterocycles. The Morgan fingerprint density at radius 2 is 1.62 bits per heavy atom. The van der Waals surface area contributed by atoms with Crippen LogP contribution in [0, 0.1) is 0 Å². The predicted molar refractivity (Wildman–Crippen MR) is 124 cm³/mol. The van der Waals surface area contributed by atoms with Gasteiger partial charge in [0.25, 0.3) is 0 Å². The van der Waals surface area contributed by atoms with Crippen molar-refractivity contribution in [1.82, 2.24) is 0 Å². The summed E-state index contributed by atoms with van der Waals surface area (Å²) in [7, 11) is -5.72. The van der Waals surface area contributed by atoms with Crippen molar-refractivity contribution < 1.29 is 26.4 Å². The van der Waals surface area contributed by atoms with Crippen molar-refractivity contribution in [3.05, 3.63) is 42.5 Å². The normalized spacial score (nSPS) is 14.8. The van der Waals surface area contributed by atoms with Gasteiger partial charge < -0.3 is 19.9 Å². The number of carbonyl (C=O) groups is 1. The Balaban J connectivity index is 1.71. The van der Waals surface area contributed by atoms with Crippen LogP contribution in [0.4, 0.5) is 17.1 Å². The maximum absolute atomic E-state index is 12.5. The average molecular weight is 482 g/mol. The van der Waals surface area contributed by atoms with Crippen LogP contribution in [0.25, 0.3) is 0 Å². The zero-order valence-electron chi connectivity index (χ0n) is 18.2. The molecule has 32 heavy (non-hydrogen) atoms. The molecule has 1 heterocycles. The van der Waals surface area contributed by atoms with E-state index in [-0.39, 0.29) is 27.9 Å². The lowest BCUT2D eigenvalue weighted by molar-refractivity contribution is -0.114. The van der Waals surface area contributed by atoms with Gasteiger partial charge in [-0.2, -0.15) is 0 Å². The molecule has 1 amide bonds. The van der Waals surface area contributed by atoms with Crippen molar-refractivity contribution in [3.8, 4) is 0 Å². The van der Waals surface area contributed by atoms with Crippen molar-refractivity contribution in [3.63, 3.8) is 0 Å². The van der Waals surface area contributed by atoms with E-state index in [4.69, 9.17) is 4.74 Å². The Kier molecular flexibility index (Phi) is 7.11. The van der Waals surface area contributed by atoms with Crippen molar-refractivity contribution in [2.45, 2.75) is 9.79 Å². The van der Waals surface area contributed by atoms with Crippen LogP contribution >= 0.6 is 0 Å². The Bertz CT molecular complexity index is 1190. The first-order valence-corrected chi connectivity index (χ1v) is 13.7. The number of hydrogen-bond acceptors (Lipinski definition) is 8. The fourth-order valence-corrected chi connectivity index (χ4v) is 5.08. The van der Waals surface area contributed by atoms with Gasteiger partial charge in [-0.05, 0) is 42.5 Å². The van der Waals surface area contributed by atoms with Crippen LogP contribution in [-0.4, -0.2) is 75.2 Å². The summed E-state index contributed by atoms with van der Waals surface area (Å²) in [6, 6.07) is 11.3. The number of carbonyl (C=O) groups excluding carboxylic acids is 1. The molecule has 3 rings (SSSR count). The zero-order valence-corrected chi connectivity index (χ0v) is 19.9. The highest BCUT2D eigenvalue weighted by Gasteiger charge is 2.21. The van der Waals surface area contributed by atoms with Gasteiger partial charge in [0.1, 0.15) is 0 Å². The number of nitrogens with zero attached hydrogens (tertiary/aromatic N) is 2. The number of hydrogen-bond donors (Lipinski definition) is 1. The molecule has 0 saturated carbocycles. The average Bonchev–Trinajstić information content (AvgIpc) is 2.73. The van der Waals surface area contributed by atoms with Gasteiger partial charge in [-0.25, -0.2) is 16.8 Å². The van der Waals surface area contributed by atoms with Gasteiger partial charge in [0, 0.05) is 44.0 Å². The molecule has 2 aromatic carbocycles. The summed E-state index contributed by atoms with van der Waals surface area (Å²) in [5.74, 6) is -0.335. The third kappa shape index (κ3) is 5.99. The van der Waals surface area contributed by atoms with E-state index in [1.807, 2.05) is 24.3 Å². The number of anilines is 3. The summed E-state index contributed by atoms with van der Waals surface area (Å²) in [4.78, 5) is 16.0. The van der Waals surface area contributed by atoms with Gasteiger partial charge in [0.15, 0.2) is 19.7 Å². The number of likely N-dealkylation sites (N-methyl/N-ethyl adjacent to an activating group) is 1. The van der Waals surface area contributed by atoms with Gasteiger partial charge in [-0.1, -0.05) is 0 Å². The monoisotopic (exact) mass is 481 g/mol. The summed E-state index contributed by atoms with van der Waals surface area (Å²) in [6.07, 6.45) is 2.01. The number of morpholine rings is 1. The fourth-order valence-electron chi connectivity index (χ4n) is 3.42. The van der Waals surface area contributed by atoms with Crippen molar-refractivity contribution >= 4 is 42.6 Å². The lowest BCUT2D eigenvalue weighted by atomic mass is 10.2. The van der Waals surface area contributed by atoms with Gasteiger partial charge in [-0.3, -0.25) is 4.79 Å². The molecule has 1 fully saturated rings. The first kappa shape index (κ1) is 24.0. The number of sulfone groups is 2. The minimum absolute atomic E-state index is 0.0973. The Morgan fingerprint density at radius 3 is 2.19 bits per heavy atom. The van der Waals surface area contributed by atoms with Crippen LogP contribution in [0.15, 0.2) is 52.3 Å². The lowest BCUT2D eigenvalue weighted by Gasteiger charge is -2.29. The van der Waals surface area contributed by atoms with E-state index >= 15 is 0 Å². The molecule has 1 saturated heterocycles. The minimum atomic E-state index is -3.72. The number of amides is 1. The maximum Gasteiger partial charge on any atom is 0.243 e. The molecule has 1 N–H and O–H groups in total. The lowest BCUT2D eigenvalue weighted by Crippen LogP contribution is -2.36. The third-order valence-electron chi connectivity index (χ3n) is 5.08. The quantitative estimate of drug-likeness (QED) is 0.632. The van der Waals surface area contributed by atoms with Crippen molar-refractivity contribution in [2.24, 2.45) is 0 Å². The second-order valence-electron chi connectivity index (χ2n) is 7.72. The molecule has 0 radical (unpaired) electrons. The molecule has 0 aliphatic carbocycles. The molecule has 11 heteroatoms. The molecule has 1 aliphatic heterocycles. The largest absolute Gasteiger partial charge is 0.378 e. The SMILES string of the molecule is CN(CC(=O)Nc1ccc(N2CCOCC2)cc1)c1ccc(S(C)(=O)=O)cc1S(C)(=O)=O. The zero-order chi connectivity index (χ0) is 23.5. The number of nitrogens with one attached hydrogen (secondary N) is 1. The van der Waals surface area contributed by atoms with Crippen LogP contribution in [0.3, 0.4) is 0 Å². The highest BCUT2D eigenvalue weighted by Crippen LogP contribution is 2.28. The van der Waals surface area contributed by atoms with E-state index in [0.717, 1.165) is 37.4 Å². The fraction of sp³-hybridized carbons (Fsp3) is 0.381. The van der Waals surface area contributed by atoms with E-state index in [9.17, 15) is 21.6 Å². The molecule has 2 aromatic rings. The number of rotatable bonds is 7. The second kappa shape index (κ2) is 9.47. The van der Waals surface area contributed by atoms with Crippen molar-refractivity contribution in [2.75, 3.05) is 67.5 Å². The van der Waals surface area contributed by atoms with Crippen LogP contribution < -0.4 is 15.1 Å². The second-order valence-corrected chi connectivity index (χ2v) is 11.7. The number of ether oxygens (including phenoxy) is 1. The summed E-state index contributed by atoms with van der Waals surface area (Å²) in [6.45, 7) is 2.89. The Morgan fingerprint density at radius 1 is 1.00 bits per heavy atom. The standard InChI is InChI=1S/C21H27N3O6S2/c1-23(19-9-8-18(31(2,26)27)14-20(19)32(3,28)29)15-21(25)22-16-4-6-17(7-5-16)24-10-12-30-13-11-24/h4-9,14H,10-13,15H2,1-3H3,(H,22,25). The van der Waals surface area contributed by atoms with E-state index < -0.39 is 19.7 Å². The molecule has 9 nitrogen and oxygen atoms in total. The van der Waals surface area contributed by atoms with Crippen LogP contribution in [0.2, 0.25) is 0 Å². The highest BCUT2D eigenvalue weighted by molar-refractivity contribution is 7.91. The Hall–Kier alpha value is -2.63. The molecule has 1 aliphatic rings. The molecule has 0 unspecified atom stereocenters. The smallest absolute Gasteiger partial charge is 0.243 e. The van der Waals surface area contributed by atoms with E-state index in [1.165, 1.54) is 17.0 Å². The van der Waals surface area contributed by atoms with E-state index in [2.05, 4.69) is 10.2 Å². The summed E-state index contributed by atoms with van der Waals surface area (Å²) < 4.78 is 53.5. The van der Waals surface area contributed by atoms with Crippen molar-refractivity contribution in [1.29, 1.82) is 0 Å². The Labute approximate surface area is 188 Å². The molecule has 0 bridgehead atoms. The molecular formula is C21H27N3O6S2. The van der Waals surface area contributed by atoms with E-state index in [1.54, 1.807) is 7.05 Å². The molecule has 0 spiro atoms. The maximum atomic E-state index is 12.5. The summed E-state index contributed by atoms with van der Waals surface area (Å²) >= 11 is 0. The molecule has 0 atom stereocenters. The number of benzene rings is 2. The minimum Gasteiger partial charge on any atom is -0.378 e. The molecular weight excluding hydrogens is 454 g/mol. The topological polar surface area (TPSA) is 113 Å². The van der Waals surface area contributed by atoms with Gasteiger partial charge >= 0.3 is 0 Å². The van der Waals surface area contributed by atoms with Gasteiger partial charge in [-0.15, -0.1) is 0 Å². The summed E-state index contributed by atoms with van der Waals surface area (Å²) in [5, 5.41) is 2.80. The first-order valence-electron chi connectivity index (χ1n) is 9.93. The van der Waals surface area contributed by atoms with E-state index in [0.29, 0.717) is 18.9 Å². The predicted octanol–water partition coefficient (Wildman–Crippen LogP) is 1.41. The van der Waals surface area contributed by atoms with Gasteiger partial charge in [0.2, 0.25) is 5.91 Å².